The molecule has 5 nitrogen and oxygen atoms in total. The van der Waals surface area contributed by atoms with Gasteiger partial charge in [0.15, 0.2) is 0 Å². The number of nitrogens with zero attached hydrogens (tertiary/aromatic N) is 1. The number of hydrogen-bond donors (Lipinski definition) is 2. The van der Waals surface area contributed by atoms with Crippen molar-refractivity contribution >= 4 is 51.3 Å². The van der Waals surface area contributed by atoms with Crippen molar-refractivity contribution in [1.82, 2.24) is 5.43 Å². The molecule has 3 aromatic rings. The third kappa shape index (κ3) is 5.73. The van der Waals surface area contributed by atoms with Gasteiger partial charge in [0.2, 0.25) is 0 Å². The second kappa shape index (κ2) is 9.78. The largest absolute Gasteiger partial charge is 0.507 e. The lowest BCUT2D eigenvalue weighted by molar-refractivity contribution is 0.0952. The van der Waals surface area contributed by atoms with Gasteiger partial charge in [-0.15, -0.1) is 0 Å². The van der Waals surface area contributed by atoms with Gasteiger partial charge in [0.25, 0.3) is 5.91 Å². The number of carbonyl (C=O) groups is 1. The zero-order valence-corrected chi connectivity index (χ0v) is 18.0. The minimum atomic E-state index is -0.502. The Labute approximate surface area is 186 Å². The molecule has 0 atom stereocenters. The Morgan fingerprint density at radius 1 is 1.14 bits per heavy atom. The number of nitrogens with one attached hydrogen (secondary N) is 1. The number of hydrogen-bond acceptors (Lipinski definition) is 4. The number of amides is 1. The topological polar surface area (TPSA) is 70.9 Å². The molecular formula is C21H15BrCl2N2O3. The standard InChI is InChI=1S/C21H15BrCl2N2O3/c22-17-9-13(11-25-26-21(28)16-3-1-2-4-19(16)27)5-8-20(17)29-12-14-6-7-15(23)10-18(14)24/h1-11,27H,12H2,(H,26,28)/b25-11+. The molecule has 0 spiro atoms. The SMILES string of the molecule is O=C(N/N=C/c1ccc(OCc2ccc(Cl)cc2Cl)c(Br)c1)c1ccccc1O. The summed E-state index contributed by atoms with van der Waals surface area (Å²) in [5.74, 6) is 0.0230. The first kappa shape index (κ1) is 21.2. The number of ether oxygens (including phenoxy) is 1. The van der Waals surface area contributed by atoms with E-state index in [2.05, 4.69) is 26.5 Å². The zero-order chi connectivity index (χ0) is 20.8. The number of hydrazone groups is 1. The van der Waals surface area contributed by atoms with Crippen LogP contribution in [0.25, 0.3) is 0 Å². The van der Waals surface area contributed by atoms with Crippen LogP contribution < -0.4 is 10.2 Å². The van der Waals surface area contributed by atoms with Gasteiger partial charge in [-0.2, -0.15) is 5.10 Å². The highest BCUT2D eigenvalue weighted by molar-refractivity contribution is 9.10. The van der Waals surface area contributed by atoms with Gasteiger partial charge in [-0.25, -0.2) is 5.43 Å². The molecule has 1 amide bonds. The van der Waals surface area contributed by atoms with E-state index in [-0.39, 0.29) is 11.3 Å². The van der Waals surface area contributed by atoms with Crippen LogP contribution in [-0.4, -0.2) is 17.2 Å². The fraction of sp³-hybridized carbons (Fsp3) is 0.0476. The summed E-state index contributed by atoms with van der Waals surface area (Å²) in [4.78, 5) is 12.0. The third-order valence-corrected chi connectivity index (χ3v) is 5.09. The van der Waals surface area contributed by atoms with Crippen molar-refractivity contribution in [3.8, 4) is 11.5 Å². The maximum absolute atomic E-state index is 12.0. The van der Waals surface area contributed by atoms with Gasteiger partial charge in [-0.1, -0.05) is 41.4 Å². The molecule has 0 unspecified atom stereocenters. The number of carbonyl (C=O) groups excluding carboxylic acids is 1. The van der Waals surface area contributed by atoms with Crippen LogP contribution in [0.15, 0.2) is 70.2 Å². The molecule has 0 aliphatic heterocycles. The van der Waals surface area contributed by atoms with Gasteiger partial charge in [0.1, 0.15) is 18.1 Å². The molecule has 3 aromatic carbocycles. The first-order valence-corrected chi connectivity index (χ1v) is 9.96. The van der Waals surface area contributed by atoms with Crippen LogP contribution in [-0.2, 0) is 6.61 Å². The number of phenolic OH excluding ortho intramolecular Hbond substituents is 1. The highest BCUT2D eigenvalue weighted by atomic mass is 79.9. The number of benzene rings is 3. The summed E-state index contributed by atoms with van der Waals surface area (Å²) >= 11 is 15.5. The fourth-order valence-corrected chi connectivity index (χ4v) is 3.37. The van der Waals surface area contributed by atoms with Crippen molar-refractivity contribution in [1.29, 1.82) is 0 Å². The summed E-state index contributed by atoms with van der Waals surface area (Å²) in [5, 5.41) is 14.7. The summed E-state index contributed by atoms with van der Waals surface area (Å²) in [5.41, 5.74) is 4.09. The first-order valence-electron chi connectivity index (χ1n) is 8.41. The molecule has 148 valence electrons. The van der Waals surface area contributed by atoms with Gasteiger partial charge in [-0.05, 0) is 64.0 Å². The van der Waals surface area contributed by atoms with Gasteiger partial charge in [0.05, 0.1) is 16.3 Å². The smallest absolute Gasteiger partial charge is 0.275 e. The summed E-state index contributed by atoms with van der Waals surface area (Å²) in [6.07, 6.45) is 1.49. The lowest BCUT2D eigenvalue weighted by atomic mass is 10.2. The average molecular weight is 494 g/mol. The normalized spacial score (nSPS) is 10.9. The fourth-order valence-electron chi connectivity index (χ4n) is 2.40. The van der Waals surface area contributed by atoms with Crippen LogP contribution in [0.4, 0.5) is 0 Å². The van der Waals surface area contributed by atoms with E-state index in [0.29, 0.717) is 22.4 Å². The molecule has 0 aliphatic rings. The Balaban J connectivity index is 1.61. The Bertz CT molecular complexity index is 1070. The highest BCUT2D eigenvalue weighted by Crippen LogP contribution is 2.28. The van der Waals surface area contributed by atoms with E-state index < -0.39 is 5.91 Å². The molecular weight excluding hydrogens is 479 g/mol. The predicted octanol–water partition coefficient (Wildman–Crippen LogP) is 5.80. The second-order valence-corrected chi connectivity index (χ2v) is 7.63. The number of aromatic hydroxyl groups is 1. The van der Waals surface area contributed by atoms with Crippen molar-refractivity contribution < 1.29 is 14.6 Å². The summed E-state index contributed by atoms with van der Waals surface area (Å²) in [7, 11) is 0. The summed E-state index contributed by atoms with van der Waals surface area (Å²) in [6.45, 7) is 0.290. The van der Waals surface area contributed by atoms with Crippen molar-refractivity contribution in [3.63, 3.8) is 0 Å². The predicted molar refractivity (Wildman–Crippen MR) is 118 cm³/mol. The van der Waals surface area contributed by atoms with Crippen LogP contribution in [0.5, 0.6) is 11.5 Å². The van der Waals surface area contributed by atoms with Crippen LogP contribution in [0.1, 0.15) is 21.5 Å². The highest BCUT2D eigenvalue weighted by Gasteiger charge is 2.09. The molecule has 2 N–H and O–H groups in total. The number of rotatable bonds is 6. The zero-order valence-electron chi connectivity index (χ0n) is 14.9. The van der Waals surface area contributed by atoms with Crippen molar-refractivity contribution in [2.45, 2.75) is 6.61 Å². The molecule has 0 bridgehead atoms. The van der Waals surface area contributed by atoms with E-state index in [1.165, 1.54) is 18.3 Å². The lowest BCUT2D eigenvalue weighted by Gasteiger charge is -2.10. The van der Waals surface area contributed by atoms with E-state index in [0.717, 1.165) is 15.6 Å². The summed E-state index contributed by atoms with van der Waals surface area (Å²) in [6, 6.07) is 16.8. The molecule has 0 heterocycles. The van der Waals surface area contributed by atoms with E-state index in [4.69, 9.17) is 27.9 Å². The number of phenols is 1. The Morgan fingerprint density at radius 2 is 1.93 bits per heavy atom. The molecule has 0 aromatic heterocycles. The number of halogens is 3. The minimum absolute atomic E-state index is 0.106. The first-order chi connectivity index (χ1) is 13.9. The van der Waals surface area contributed by atoms with Crippen LogP contribution in [0, 0.1) is 0 Å². The number of para-hydroxylation sites is 1. The minimum Gasteiger partial charge on any atom is -0.507 e. The van der Waals surface area contributed by atoms with Gasteiger partial charge < -0.3 is 9.84 Å². The molecule has 0 saturated heterocycles. The third-order valence-electron chi connectivity index (χ3n) is 3.88. The van der Waals surface area contributed by atoms with Crippen molar-refractivity contribution in [2.75, 3.05) is 0 Å². The van der Waals surface area contributed by atoms with E-state index in [1.807, 2.05) is 6.07 Å². The van der Waals surface area contributed by atoms with Gasteiger partial charge >= 0.3 is 0 Å². The van der Waals surface area contributed by atoms with Gasteiger partial charge in [0, 0.05) is 15.6 Å². The Kier molecular flexibility index (Phi) is 7.14. The molecule has 0 aliphatic carbocycles. The quantitative estimate of drug-likeness (QED) is 0.336. The van der Waals surface area contributed by atoms with Crippen LogP contribution in [0.2, 0.25) is 10.0 Å². The molecule has 29 heavy (non-hydrogen) atoms. The van der Waals surface area contributed by atoms with Crippen LogP contribution in [0.3, 0.4) is 0 Å². The van der Waals surface area contributed by atoms with Crippen molar-refractivity contribution in [3.05, 3.63) is 91.9 Å². The maximum Gasteiger partial charge on any atom is 0.275 e. The van der Waals surface area contributed by atoms with Crippen LogP contribution >= 0.6 is 39.1 Å². The Morgan fingerprint density at radius 3 is 2.66 bits per heavy atom. The molecule has 0 fully saturated rings. The molecule has 8 heteroatoms. The van der Waals surface area contributed by atoms with E-state index >= 15 is 0 Å². The average Bonchev–Trinajstić information content (AvgIpc) is 2.69. The van der Waals surface area contributed by atoms with Gasteiger partial charge in [-0.3, -0.25) is 4.79 Å². The van der Waals surface area contributed by atoms with Crippen molar-refractivity contribution in [2.24, 2.45) is 5.10 Å². The van der Waals surface area contributed by atoms with E-state index in [9.17, 15) is 9.90 Å². The molecule has 3 rings (SSSR count). The molecule has 0 saturated carbocycles. The summed E-state index contributed by atoms with van der Waals surface area (Å²) < 4.78 is 6.52. The lowest BCUT2D eigenvalue weighted by Crippen LogP contribution is -2.17. The van der Waals surface area contributed by atoms with E-state index in [1.54, 1.807) is 42.5 Å². The Hall–Kier alpha value is -2.54. The molecule has 0 radical (unpaired) electrons. The monoisotopic (exact) mass is 492 g/mol. The second-order valence-electron chi connectivity index (χ2n) is 5.93. The maximum atomic E-state index is 12.0.